The molecule has 0 bridgehead atoms. The van der Waals surface area contributed by atoms with E-state index in [1.165, 1.54) is 47.0 Å². The van der Waals surface area contributed by atoms with E-state index in [1.807, 2.05) is 53.1 Å². The number of hydrogen-bond donors (Lipinski definition) is 1. The molecule has 0 saturated heterocycles. The minimum atomic E-state index is -3.76. The highest BCUT2D eigenvalue weighted by Gasteiger charge is 2.35. The number of halogens is 2. The second-order valence-corrected chi connectivity index (χ2v) is 18.8. The van der Waals surface area contributed by atoms with E-state index < -0.39 is 37.7 Å². The minimum absolute atomic E-state index is 0.0520. The number of hydrogen-bond acceptors (Lipinski definition) is 7. The molecule has 2 aromatic heterocycles. The van der Waals surface area contributed by atoms with Crippen LogP contribution in [0.2, 0.25) is 0 Å². The van der Waals surface area contributed by atoms with Crippen molar-refractivity contribution in [3.8, 4) is 0 Å². The van der Waals surface area contributed by atoms with Crippen molar-refractivity contribution in [2.75, 3.05) is 21.2 Å². The predicted molar refractivity (Wildman–Crippen MR) is 218 cm³/mol. The lowest BCUT2D eigenvalue weighted by Crippen LogP contribution is -2.42. The first-order valence-corrected chi connectivity index (χ1v) is 21.9. The highest BCUT2D eigenvalue weighted by molar-refractivity contribution is 7.89. The van der Waals surface area contributed by atoms with Crippen molar-refractivity contribution in [3.05, 3.63) is 131 Å². The van der Waals surface area contributed by atoms with Gasteiger partial charge >= 0.3 is 11.9 Å². The normalized spacial score (nSPS) is 16.7. The van der Waals surface area contributed by atoms with Crippen molar-refractivity contribution in [3.63, 3.8) is 0 Å². The molecule has 6 aromatic rings. The van der Waals surface area contributed by atoms with Gasteiger partial charge in [0.2, 0.25) is 20.0 Å². The van der Waals surface area contributed by atoms with Crippen LogP contribution in [0.3, 0.4) is 0 Å². The molecular weight excluding hydrogens is 803 g/mol. The highest BCUT2D eigenvalue weighted by Crippen LogP contribution is 2.35. The molecule has 0 spiro atoms. The number of carbonyl (C=O) groups excluding carboxylic acids is 1. The van der Waals surface area contributed by atoms with Gasteiger partial charge in [-0.05, 0) is 97.5 Å². The first kappa shape index (κ1) is 41.7. The van der Waals surface area contributed by atoms with Crippen LogP contribution in [0.4, 0.5) is 8.78 Å². The second kappa shape index (κ2) is 16.7. The van der Waals surface area contributed by atoms with Gasteiger partial charge in [-0.25, -0.2) is 25.6 Å². The average molecular weight is 847 g/mol. The van der Waals surface area contributed by atoms with Crippen molar-refractivity contribution < 1.29 is 45.0 Å². The Hall–Kier alpha value is -5.42. The zero-order valence-electron chi connectivity index (χ0n) is 32.7. The van der Waals surface area contributed by atoms with Crippen LogP contribution in [0.15, 0.2) is 107 Å². The number of ether oxygens (including phenoxy) is 1. The van der Waals surface area contributed by atoms with Gasteiger partial charge in [0, 0.05) is 72.5 Å². The number of esters is 1. The first-order chi connectivity index (χ1) is 28.1. The molecule has 59 heavy (non-hydrogen) atoms. The number of methoxy groups -OCH3 is 1. The Balaban J connectivity index is 0.000000179. The summed E-state index contributed by atoms with van der Waals surface area (Å²) in [5.41, 5.74) is 5.64. The maximum Gasteiger partial charge on any atom is 0.310 e. The minimum Gasteiger partial charge on any atom is -0.481 e. The number of aromatic nitrogens is 2. The molecule has 2 aliphatic rings. The van der Waals surface area contributed by atoms with Crippen LogP contribution in [0.1, 0.15) is 35.4 Å². The molecule has 2 aliphatic heterocycles. The molecule has 4 heterocycles. The molecule has 0 saturated carbocycles. The van der Waals surface area contributed by atoms with Gasteiger partial charge in [-0.1, -0.05) is 36.4 Å². The third-order valence-electron chi connectivity index (χ3n) is 11.5. The number of aliphatic carboxylic acids is 1. The number of nitrogens with zero attached hydrogens (tertiary/aromatic N) is 4. The van der Waals surface area contributed by atoms with E-state index >= 15 is 0 Å². The molecule has 0 amide bonds. The first-order valence-electron chi connectivity index (χ1n) is 19.1. The number of carbonyl (C=O) groups is 2. The van der Waals surface area contributed by atoms with Crippen molar-refractivity contribution in [2.24, 2.45) is 0 Å². The van der Waals surface area contributed by atoms with Gasteiger partial charge in [0.05, 0.1) is 29.7 Å². The van der Waals surface area contributed by atoms with Gasteiger partial charge in [-0.15, -0.1) is 0 Å². The quantitative estimate of drug-likeness (QED) is 0.161. The number of likely N-dealkylation sites (N-methyl/N-ethyl adjacent to an activating group) is 2. The molecule has 0 fully saturated rings. The van der Waals surface area contributed by atoms with Crippen LogP contribution in [0.5, 0.6) is 0 Å². The molecule has 16 heteroatoms. The standard InChI is InChI=1S/C22H23FN2O4S.C21H21FN2O4S/c1-24(30(27,28)17-10-7-15(23)8-11-17)16-9-12-21-19(13-22(26)29-2)18-5-3-4-6-20(18)25(21)14-16;1-23(29(27,28)16-9-6-14(22)7-10-16)15-8-11-20-18(12-21(25)26)17-4-2-3-5-19(17)24(20)13-15/h3-8,10-11,16H,9,12-14H2,1-2H3;2-7,9-10,15H,8,11-13H2,1H3,(H,25,26)/t;15-/m.1/s1. The Morgan fingerprint density at radius 1 is 0.661 bits per heavy atom. The van der Waals surface area contributed by atoms with Crippen LogP contribution in [0, 0.1) is 11.6 Å². The Bertz CT molecular complexity index is 2770. The van der Waals surface area contributed by atoms with Crippen LogP contribution in [-0.2, 0) is 73.1 Å². The Kier molecular flexibility index (Phi) is 11.8. The predicted octanol–water partition coefficient (Wildman–Crippen LogP) is 6.17. The maximum atomic E-state index is 13.2. The molecular formula is C43H44F2N4O8S2. The van der Waals surface area contributed by atoms with Crippen LogP contribution >= 0.6 is 0 Å². The number of sulfonamides is 2. The number of carboxylic acids is 1. The molecule has 8 rings (SSSR count). The number of benzene rings is 4. The summed E-state index contributed by atoms with van der Waals surface area (Å²) in [7, 11) is -3.03. The molecule has 0 aliphatic carbocycles. The number of carboxylic acid groups (broad SMARTS) is 1. The molecule has 310 valence electrons. The lowest BCUT2D eigenvalue weighted by Gasteiger charge is -2.32. The third-order valence-corrected chi connectivity index (χ3v) is 15.3. The van der Waals surface area contributed by atoms with Gasteiger partial charge in [0.1, 0.15) is 11.6 Å². The summed E-state index contributed by atoms with van der Waals surface area (Å²) in [5.74, 6) is -2.15. The zero-order valence-corrected chi connectivity index (χ0v) is 34.3. The summed E-state index contributed by atoms with van der Waals surface area (Å²) in [6, 6.07) is 24.6. The van der Waals surface area contributed by atoms with E-state index in [0.717, 1.165) is 68.6 Å². The van der Waals surface area contributed by atoms with Crippen molar-refractivity contribution in [2.45, 2.75) is 73.5 Å². The smallest absolute Gasteiger partial charge is 0.310 e. The Labute approximate surface area is 341 Å². The largest absolute Gasteiger partial charge is 0.481 e. The van der Waals surface area contributed by atoms with Crippen molar-refractivity contribution >= 4 is 53.8 Å². The van der Waals surface area contributed by atoms with Gasteiger partial charge in [-0.3, -0.25) is 9.59 Å². The summed E-state index contributed by atoms with van der Waals surface area (Å²) in [5, 5.41) is 11.2. The molecule has 1 N–H and O–H groups in total. The lowest BCUT2D eigenvalue weighted by atomic mass is 10.0. The summed E-state index contributed by atoms with van der Waals surface area (Å²) in [6.07, 6.45) is 2.58. The molecule has 2 atom stereocenters. The van der Waals surface area contributed by atoms with Crippen molar-refractivity contribution in [1.82, 2.24) is 17.7 Å². The summed E-state index contributed by atoms with van der Waals surface area (Å²) < 4.78 is 90.2. The topological polar surface area (TPSA) is 148 Å². The molecule has 4 aromatic carbocycles. The van der Waals surface area contributed by atoms with E-state index in [2.05, 4.69) is 4.57 Å². The maximum absolute atomic E-state index is 13.2. The van der Waals surface area contributed by atoms with E-state index in [-0.39, 0.29) is 40.7 Å². The third kappa shape index (κ3) is 8.14. The van der Waals surface area contributed by atoms with Crippen molar-refractivity contribution in [1.29, 1.82) is 0 Å². The van der Waals surface area contributed by atoms with E-state index in [0.29, 0.717) is 38.8 Å². The summed E-state index contributed by atoms with van der Waals surface area (Å²) in [6.45, 7) is 0.917. The number of fused-ring (bicyclic) bond motifs is 6. The summed E-state index contributed by atoms with van der Waals surface area (Å²) >= 11 is 0. The second-order valence-electron chi connectivity index (χ2n) is 14.8. The number of rotatable bonds is 10. The van der Waals surface area contributed by atoms with E-state index in [4.69, 9.17) is 4.74 Å². The van der Waals surface area contributed by atoms with E-state index in [9.17, 15) is 40.3 Å². The van der Waals surface area contributed by atoms with Crippen LogP contribution in [0.25, 0.3) is 21.8 Å². The number of para-hydroxylation sites is 2. The zero-order chi connectivity index (χ0) is 42.2. The molecule has 0 radical (unpaired) electrons. The summed E-state index contributed by atoms with van der Waals surface area (Å²) in [4.78, 5) is 23.4. The van der Waals surface area contributed by atoms with Gasteiger partial charge in [0.15, 0.2) is 0 Å². The lowest BCUT2D eigenvalue weighted by molar-refractivity contribution is -0.140. The van der Waals surface area contributed by atoms with Crippen LogP contribution < -0.4 is 0 Å². The van der Waals surface area contributed by atoms with E-state index in [1.54, 1.807) is 7.05 Å². The molecule has 12 nitrogen and oxygen atoms in total. The van der Waals surface area contributed by atoms with Gasteiger partial charge in [0.25, 0.3) is 0 Å². The molecule has 1 unspecified atom stereocenters. The average Bonchev–Trinajstić information content (AvgIpc) is 3.71. The fourth-order valence-electron chi connectivity index (χ4n) is 8.35. The highest BCUT2D eigenvalue weighted by atomic mass is 32.2. The van der Waals surface area contributed by atoms with Crippen LogP contribution in [-0.4, -0.2) is 84.9 Å². The Morgan fingerprint density at radius 3 is 1.44 bits per heavy atom. The van der Waals surface area contributed by atoms with Gasteiger partial charge < -0.3 is 19.0 Å². The fraction of sp³-hybridized carbons (Fsp3) is 0.302. The monoisotopic (exact) mass is 846 g/mol. The fourth-order valence-corrected chi connectivity index (χ4v) is 11.1. The Morgan fingerprint density at radius 2 is 1.05 bits per heavy atom. The SMILES string of the molecule is CN([C@@H]1CCc2c(CC(=O)O)c3ccccc3n2C1)S(=O)(=O)c1ccc(F)cc1.COC(=O)Cc1c2n(c3ccccc13)CC(N(C)S(=O)(=O)c1ccc(F)cc1)CC2. The van der Waals surface area contributed by atoms with Gasteiger partial charge in [-0.2, -0.15) is 8.61 Å².